The van der Waals surface area contributed by atoms with Crippen molar-refractivity contribution in [3.8, 4) is 0 Å². The minimum atomic E-state index is -0.834. The van der Waals surface area contributed by atoms with Gasteiger partial charge in [-0.1, -0.05) is 6.42 Å². The molecule has 7 heteroatoms. The Morgan fingerprint density at radius 2 is 1.75 bits per heavy atom. The van der Waals surface area contributed by atoms with Crippen LogP contribution < -0.4 is 5.32 Å². The average Bonchev–Trinajstić information content (AvgIpc) is 3.03. The van der Waals surface area contributed by atoms with Gasteiger partial charge in [0.15, 0.2) is 0 Å². The van der Waals surface area contributed by atoms with Gasteiger partial charge in [0, 0.05) is 20.3 Å². The Morgan fingerprint density at radius 3 is 2.25 bits per heavy atom. The maximum atomic E-state index is 12.2. The number of carbonyl (C=O) groups is 2. The van der Waals surface area contributed by atoms with Crippen molar-refractivity contribution in [2.75, 3.05) is 27.3 Å². The second kappa shape index (κ2) is 6.41. The summed E-state index contributed by atoms with van der Waals surface area (Å²) in [6.07, 6.45) is 1.91. The van der Waals surface area contributed by atoms with E-state index in [-0.39, 0.29) is 24.3 Å². The van der Waals surface area contributed by atoms with Crippen molar-refractivity contribution in [1.82, 2.24) is 10.2 Å². The van der Waals surface area contributed by atoms with Crippen LogP contribution >= 0.6 is 0 Å². The lowest BCUT2D eigenvalue weighted by molar-refractivity contribution is -0.142. The van der Waals surface area contributed by atoms with Crippen LogP contribution in [0.25, 0.3) is 0 Å². The summed E-state index contributed by atoms with van der Waals surface area (Å²) in [6.45, 7) is 0.927. The molecule has 0 radical (unpaired) electrons. The smallest absolute Gasteiger partial charge is 0.317 e. The number of urea groups is 1. The molecular formula is C13H22N2O5. The van der Waals surface area contributed by atoms with Gasteiger partial charge < -0.3 is 24.8 Å². The van der Waals surface area contributed by atoms with Gasteiger partial charge in [0.1, 0.15) is 12.2 Å². The number of hydrogen-bond donors (Lipinski definition) is 2. The molecule has 1 aliphatic carbocycles. The van der Waals surface area contributed by atoms with Crippen LogP contribution in [0, 0.1) is 5.92 Å². The van der Waals surface area contributed by atoms with Crippen LogP contribution in [-0.4, -0.2) is 67.6 Å². The third-order valence-corrected chi connectivity index (χ3v) is 4.25. The van der Waals surface area contributed by atoms with Gasteiger partial charge in [-0.05, 0) is 12.8 Å². The monoisotopic (exact) mass is 286 g/mol. The molecule has 1 aliphatic heterocycles. The van der Waals surface area contributed by atoms with E-state index >= 15 is 0 Å². The van der Waals surface area contributed by atoms with Crippen molar-refractivity contribution in [1.29, 1.82) is 0 Å². The highest BCUT2D eigenvalue weighted by Crippen LogP contribution is 2.26. The highest BCUT2D eigenvalue weighted by Gasteiger charge is 2.39. The summed E-state index contributed by atoms with van der Waals surface area (Å²) in [6, 6.07) is -0.507. The third kappa shape index (κ3) is 3.04. The van der Waals surface area contributed by atoms with E-state index in [4.69, 9.17) is 14.6 Å². The molecule has 20 heavy (non-hydrogen) atoms. The molecule has 4 unspecified atom stereocenters. The standard InChI is InChI=1S/C13H22N2O5/c1-19-10-6-15(7-11(10)20-2)13(18)14-9-5-3-4-8(9)12(16)17/h8-11H,3-7H2,1-2H3,(H,14,18)(H,16,17). The van der Waals surface area contributed by atoms with Crippen LogP contribution in [-0.2, 0) is 14.3 Å². The largest absolute Gasteiger partial charge is 0.481 e. The van der Waals surface area contributed by atoms with E-state index in [0.717, 1.165) is 12.8 Å². The zero-order chi connectivity index (χ0) is 14.7. The summed E-state index contributed by atoms with van der Waals surface area (Å²) in [5.41, 5.74) is 0. The number of ether oxygens (including phenoxy) is 2. The predicted octanol–water partition coefficient (Wildman–Crippen LogP) is 0.295. The first kappa shape index (κ1) is 15.1. The molecule has 114 valence electrons. The molecule has 1 heterocycles. The van der Waals surface area contributed by atoms with E-state index in [9.17, 15) is 9.59 Å². The van der Waals surface area contributed by atoms with Crippen molar-refractivity contribution in [2.45, 2.75) is 37.5 Å². The van der Waals surface area contributed by atoms with Gasteiger partial charge in [-0.25, -0.2) is 4.79 Å². The van der Waals surface area contributed by atoms with Crippen molar-refractivity contribution in [3.63, 3.8) is 0 Å². The highest BCUT2D eigenvalue weighted by molar-refractivity contribution is 5.77. The Labute approximate surface area is 118 Å². The summed E-state index contributed by atoms with van der Waals surface area (Å²) in [7, 11) is 3.19. The van der Waals surface area contributed by atoms with E-state index in [0.29, 0.717) is 19.5 Å². The maximum absolute atomic E-state index is 12.2. The SMILES string of the molecule is COC1CN(C(=O)NC2CCCC2C(=O)O)CC1OC. The fourth-order valence-electron chi connectivity index (χ4n) is 3.04. The number of likely N-dealkylation sites (tertiary alicyclic amines) is 1. The van der Waals surface area contributed by atoms with Gasteiger partial charge in [0.2, 0.25) is 0 Å². The zero-order valence-corrected chi connectivity index (χ0v) is 11.9. The van der Waals surface area contributed by atoms with E-state index in [2.05, 4.69) is 5.32 Å². The fourth-order valence-corrected chi connectivity index (χ4v) is 3.04. The summed E-state index contributed by atoms with van der Waals surface area (Å²) < 4.78 is 10.6. The summed E-state index contributed by atoms with van der Waals surface area (Å²) in [5, 5.41) is 12.0. The van der Waals surface area contributed by atoms with Gasteiger partial charge in [0.25, 0.3) is 0 Å². The summed E-state index contributed by atoms with van der Waals surface area (Å²) in [4.78, 5) is 24.9. The highest BCUT2D eigenvalue weighted by atomic mass is 16.5. The Morgan fingerprint density at radius 1 is 1.15 bits per heavy atom. The second-order valence-electron chi connectivity index (χ2n) is 5.38. The Hall–Kier alpha value is -1.34. The molecule has 7 nitrogen and oxygen atoms in total. The predicted molar refractivity (Wildman–Crippen MR) is 70.5 cm³/mol. The van der Waals surface area contributed by atoms with Gasteiger partial charge in [0.05, 0.1) is 19.0 Å². The molecule has 2 amide bonds. The van der Waals surface area contributed by atoms with Gasteiger partial charge in [-0.2, -0.15) is 0 Å². The lowest BCUT2D eigenvalue weighted by atomic mass is 10.0. The molecule has 2 aliphatic rings. The minimum absolute atomic E-state index is 0.135. The molecule has 0 aromatic carbocycles. The molecule has 0 aromatic heterocycles. The maximum Gasteiger partial charge on any atom is 0.317 e. The summed E-state index contributed by atoms with van der Waals surface area (Å²) in [5.74, 6) is -1.31. The lowest BCUT2D eigenvalue weighted by Crippen LogP contribution is -2.47. The van der Waals surface area contributed by atoms with Gasteiger partial charge in [-0.3, -0.25) is 4.79 Å². The number of rotatable bonds is 4. The number of nitrogens with one attached hydrogen (secondary N) is 1. The normalized spacial score (nSPS) is 33.4. The van der Waals surface area contributed by atoms with E-state index < -0.39 is 11.9 Å². The molecular weight excluding hydrogens is 264 g/mol. The molecule has 2 rings (SSSR count). The number of methoxy groups -OCH3 is 2. The number of carboxylic acids is 1. The molecule has 4 atom stereocenters. The quantitative estimate of drug-likeness (QED) is 0.776. The van der Waals surface area contributed by atoms with E-state index in [1.807, 2.05) is 0 Å². The molecule has 0 aromatic rings. The van der Waals surface area contributed by atoms with Crippen LogP contribution in [0.3, 0.4) is 0 Å². The van der Waals surface area contributed by atoms with Crippen molar-refractivity contribution in [3.05, 3.63) is 0 Å². The first-order chi connectivity index (χ1) is 9.56. The number of carbonyl (C=O) groups excluding carboxylic acids is 1. The molecule has 1 saturated heterocycles. The minimum Gasteiger partial charge on any atom is -0.481 e. The summed E-state index contributed by atoms with van der Waals surface area (Å²) >= 11 is 0. The average molecular weight is 286 g/mol. The van der Waals surface area contributed by atoms with Crippen LogP contribution in [0.1, 0.15) is 19.3 Å². The molecule has 1 saturated carbocycles. The van der Waals surface area contributed by atoms with Crippen LogP contribution in [0.15, 0.2) is 0 Å². The van der Waals surface area contributed by atoms with Crippen molar-refractivity contribution in [2.24, 2.45) is 5.92 Å². The van der Waals surface area contributed by atoms with Crippen LogP contribution in [0.2, 0.25) is 0 Å². The number of carboxylic acid groups (broad SMARTS) is 1. The van der Waals surface area contributed by atoms with Crippen molar-refractivity contribution < 1.29 is 24.2 Å². The number of hydrogen-bond acceptors (Lipinski definition) is 4. The van der Waals surface area contributed by atoms with E-state index in [1.54, 1.807) is 19.1 Å². The van der Waals surface area contributed by atoms with Gasteiger partial charge in [-0.15, -0.1) is 0 Å². The van der Waals surface area contributed by atoms with Crippen LogP contribution in [0.4, 0.5) is 4.79 Å². The van der Waals surface area contributed by atoms with Crippen molar-refractivity contribution >= 4 is 12.0 Å². The lowest BCUT2D eigenvalue weighted by Gasteiger charge is -2.22. The number of nitrogens with zero attached hydrogens (tertiary/aromatic N) is 1. The molecule has 0 spiro atoms. The zero-order valence-electron chi connectivity index (χ0n) is 11.9. The third-order valence-electron chi connectivity index (χ3n) is 4.25. The van der Waals surface area contributed by atoms with E-state index in [1.165, 1.54) is 0 Å². The first-order valence-corrected chi connectivity index (χ1v) is 6.90. The Balaban J connectivity index is 1.91. The van der Waals surface area contributed by atoms with Gasteiger partial charge >= 0.3 is 12.0 Å². The number of aliphatic carboxylic acids is 1. The topological polar surface area (TPSA) is 88.1 Å². The Kier molecular flexibility index (Phi) is 4.82. The van der Waals surface area contributed by atoms with Crippen LogP contribution in [0.5, 0.6) is 0 Å². The number of amides is 2. The Bertz CT molecular complexity index is 364. The fraction of sp³-hybridized carbons (Fsp3) is 0.846. The second-order valence-corrected chi connectivity index (χ2v) is 5.38. The molecule has 0 bridgehead atoms. The molecule has 2 N–H and O–H groups in total. The first-order valence-electron chi connectivity index (χ1n) is 6.90. The molecule has 2 fully saturated rings.